The summed E-state index contributed by atoms with van der Waals surface area (Å²) in [5.41, 5.74) is 3.49. The molecule has 8 nitrogen and oxygen atoms in total. The third-order valence-corrected chi connectivity index (χ3v) is 7.94. The summed E-state index contributed by atoms with van der Waals surface area (Å²) in [7, 11) is 0. The van der Waals surface area contributed by atoms with Crippen LogP contribution >= 0.6 is 0 Å². The standard InChI is InChI=1S/C28H29N5O3/c34-12-11-32-17-23-13-22(7-8-24(23)30-32)19-1-3-20(4-2-19)25-29-28(9-10-28)27(36)33(25)16-18-14-31(15-18)26(35)21-5-6-21/h1-4,7-8,13,17-18,21,34H,5-6,9-12,14-16H2. The topological polar surface area (TPSA) is 91.0 Å². The average molecular weight is 484 g/mol. The van der Waals surface area contributed by atoms with Crippen molar-refractivity contribution in [3.63, 3.8) is 0 Å². The zero-order valence-corrected chi connectivity index (χ0v) is 20.1. The smallest absolute Gasteiger partial charge is 0.256 e. The highest BCUT2D eigenvalue weighted by molar-refractivity contribution is 6.16. The fourth-order valence-electron chi connectivity index (χ4n) is 5.49. The molecule has 7 rings (SSSR count). The minimum Gasteiger partial charge on any atom is -0.394 e. The van der Waals surface area contributed by atoms with Crippen molar-refractivity contribution in [2.75, 3.05) is 26.2 Å². The number of carbonyl (C=O) groups excluding carboxylic acids is 2. The van der Waals surface area contributed by atoms with Crippen LogP contribution < -0.4 is 0 Å². The van der Waals surface area contributed by atoms with Crippen molar-refractivity contribution >= 4 is 28.6 Å². The average Bonchev–Trinajstić information content (AvgIpc) is 3.78. The Kier molecular flexibility index (Phi) is 4.83. The molecule has 2 saturated carbocycles. The molecule has 0 atom stereocenters. The van der Waals surface area contributed by atoms with Gasteiger partial charge in [-0.15, -0.1) is 0 Å². The molecule has 1 N–H and O–H groups in total. The molecule has 8 heteroatoms. The summed E-state index contributed by atoms with van der Waals surface area (Å²) in [5.74, 6) is 1.76. The SMILES string of the molecule is O=C(C1CC1)N1CC(CN2C(=O)C3(CC3)N=C2c2ccc(-c3ccc4nn(CCO)cc4c3)cc2)C1. The molecule has 3 heterocycles. The van der Waals surface area contributed by atoms with Crippen LogP contribution in [0.1, 0.15) is 31.2 Å². The number of amides is 2. The number of hydrogen-bond donors (Lipinski definition) is 1. The van der Waals surface area contributed by atoms with E-state index in [9.17, 15) is 14.7 Å². The van der Waals surface area contributed by atoms with Gasteiger partial charge in [0.1, 0.15) is 11.4 Å². The predicted molar refractivity (Wildman–Crippen MR) is 135 cm³/mol. The van der Waals surface area contributed by atoms with Crippen LogP contribution in [0.15, 0.2) is 53.7 Å². The number of benzene rings is 2. The molecule has 3 aromatic rings. The van der Waals surface area contributed by atoms with E-state index in [4.69, 9.17) is 4.99 Å². The highest BCUT2D eigenvalue weighted by atomic mass is 16.3. The van der Waals surface area contributed by atoms with E-state index in [-0.39, 0.29) is 18.4 Å². The maximum Gasteiger partial charge on any atom is 0.256 e. The molecule has 2 amide bonds. The Morgan fingerprint density at radius 2 is 1.75 bits per heavy atom. The number of amidine groups is 1. The monoisotopic (exact) mass is 483 g/mol. The number of aliphatic hydroxyl groups excluding tert-OH is 1. The van der Waals surface area contributed by atoms with E-state index < -0.39 is 5.54 Å². The van der Waals surface area contributed by atoms with Gasteiger partial charge in [0.25, 0.3) is 5.91 Å². The lowest BCUT2D eigenvalue weighted by Gasteiger charge is -2.41. The predicted octanol–water partition coefficient (Wildman–Crippen LogP) is 2.69. The molecular weight excluding hydrogens is 454 g/mol. The Hall–Kier alpha value is -3.52. The molecule has 1 saturated heterocycles. The molecule has 184 valence electrons. The summed E-state index contributed by atoms with van der Waals surface area (Å²) in [6, 6.07) is 14.4. The van der Waals surface area contributed by atoms with Crippen LogP contribution in [0.3, 0.4) is 0 Å². The second-order valence-corrected chi connectivity index (χ2v) is 10.7. The van der Waals surface area contributed by atoms with Crippen molar-refractivity contribution in [3.05, 3.63) is 54.2 Å². The number of likely N-dealkylation sites (tertiary alicyclic amines) is 1. The lowest BCUT2D eigenvalue weighted by molar-refractivity contribution is -0.139. The van der Waals surface area contributed by atoms with Gasteiger partial charge in [0.2, 0.25) is 5.91 Å². The van der Waals surface area contributed by atoms with Gasteiger partial charge in [-0.1, -0.05) is 30.3 Å². The first-order valence-electron chi connectivity index (χ1n) is 12.9. The largest absolute Gasteiger partial charge is 0.394 e. The summed E-state index contributed by atoms with van der Waals surface area (Å²) in [4.78, 5) is 34.3. The van der Waals surface area contributed by atoms with E-state index >= 15 is 0 Å². The van der Waals surface area contributed by atoms with Crippen molar-refractivity contribution in [3.8, 4) is 11.1 Å². The number of rotatable bonds is 7. The maximum absolute atomic E-state index is 13.3. The summed E-state index contributed by atoms with van der Waals surface area (Å²) < 4.78 is 1.76. The van der Waals surface area contributed by atoms with Gasteiger partial charge in [-0.3, -0.25) is 24.2 Å². The lowest BCUT2D eigenvalue weighted by atomic mass is 9.97. The van der Waals surface area contributed by atoms with Crippen LogP contribution in [0.5, 0.6) is 0 Å². The first-order chi connectivity index (χ1) is 17.5. The van der Waals surface area contributed by atoms with E-state index in [1.54, 1.807) is 4.68 Å². The van der Waals surface area contributed by atoms with Crippen molar-refractivity contribution in [1.29, 1.82) is 0 Å². The van der Waals surface area contributed by atoms with E-state index in [1.165, 1.54) is 0 Å². The Bertz CT molecular complexity index is 1390. The van der Waals surface area contributed by atoms with Gasteiger partial charge in [0, 0.05) is 48.6 Å². The summed E-state index contributed by atoms with van der Waals surface area (Å²) in [6.45, 7) is 2.66. The number of hydrogen-bond acceptors (Lipinski definition) is 5. The quantitative estimate of drug-likeness (QED) is 0.560. The van der Waals surface area contributed by atoms with Crippen molar-refractivity contribution < 1.29 is 14.7 Å². The molecule has 0 bridgehead atoms. The molecule has 2 aliphatic carbocycles. The Labute approximate surface area is 209 Å². The number of nitrogens with zero attached hydrogens (tertiary/aromatic N) is 5. The minimum atomic E-state index is -0.541. The van der Waals surface area contributed by atoms with Crippen molar-refractivity contribution in [2.45, 2.75) is 37.8 Å². The first-order valence-corrected chi connectivity index (χ1v) is 12.9. The van der Waals surface area contributed by atoms with E-state index in [1.807, 2.05) is 22.1 Å². The van der Waals surface area contributed by atoms with Gasteiger partial charge in [-0.2, -0.15) is 5.10 Å². The Balaban J connectivity index is 1.09. The molecule has 4 aliphatic rings. The fraction of sp³-hybridized carbons (Fsp3) is 0.429. The van der Waals surface area contributed by atoms with Crippen molar-refractivity contribution in [2.24, 2.45) is 16.8 Å². The number of fused-ring (bicyclic) bond motifs is 1. The van der Waals surface area contributed by atoms with Gasteiger partial charge in [0.15, 0.2) is 0 Å². The van der Waals surface area contributed by atoms with Gasteiger partial charge in [0.05, 0.1) is 18.7 Å². The molecular formula is C28H29N5O3. The number of aromatic nitrogens is 2. The van der Waals surface area contributed by atoms with E-state index in [0.717, 1.165) is 72.2 Å². The lowest BCUT2D eigenvalue weighted by Crippen LogP contribution is -2.55. The van der Waals surface area contributed by atoms with Crippen LogP contribution in [0.25, 0.3) is 22.0 Å². The third kappa shape index (κ3) is 3.63. The number of carbonyl (C=O) groups is 2. The van der Waals surface area contributed by atoms with Crippen LogP contribution in [-0.2, 0) is 16.1 Å². The van der Waals surface area contributed by atoms with Gasteiger partial charge in [-0.25, -0.2) is 0 Å². The maximum atomic E-state index is 13.3. The zero-order chi connectivity index (χ0) is 24.4. The van der Waals surface area contributed by atoms with Crippen molar-refractivity contribution in [1.82, 2.24) is 19.6 Å². The summed E-state index contributed by atoms with van der Waals surface area (Å²) in [6.07, 6.45) is 5.66. The first kappa shape index (κ1) is 21.7. The zero-order valence-electron chi connectivity index (χ0n) is 20.1. The van der Waals surface area contributed by atoms with Gasteiger partial charge in [-0.05, 0) is 48.9 Å². The Morgan fingerprint density at radius 3 is 2.44 bits per heavy atom. The van der Waals surface area contributed by atoms with Gasteiger partial charge >= 0.3 is 0 Å². The highest BCUT2D eigenvalue weighted by Crippen LogP contribution is 2.46. The molecule has 1 spiro atoms. The highest BCUT2D eigenvalue weighted by Gasteiger charge is 2.57. The van der Waals surface area contributed by atoms with E-state index in [0.29, 0.717) is 24.9 Å². The molecule has 1 aromatic heterocycles. The van der Waals surface area contributed by atoms with E-state index in [2.05, 4.69) is 41.5 Å². The fourth-order valence-corrected chi connectivity index (χ4v) is 5.49. The molecule has 0 radical (unpaired) electrons. The third-order valence-electron chi connectivity index (χ3n) is 7.94. The van der Waals surface area contributed by atoms with Crippen LogP contribution in [0.4, 0.5) is 0 Å². The second-order valence-electron chi connectivity index (χ2n) is 10.7. The second kappa shape index (κ2) is 8.00. The number of aliphatic imine (C=N–C) groups is 1. The summed E-state index contributed by atoms with van der Waals surface area (Å²) >= 11 is 0. The Morgan fingerprint density at radius 1 is 1.03 bits per heavy atom. The number of aliphatic hydroxyl groups is 1. The van der Waals surface area contributed by atoms with Crippen LogP contribution in [-0.4, -0.2) is 74.1 Å². The van der Waals surface area contributed by atoms with Gasteiger partial charge < -0.3 is 10.0 Å². The normalized spacial score (nSPS) is 20.8. The van der Waals surface area contributed by atoms with Crippen LogP contribution in [0.2, 0.25) is 0 Å². The van der Waals surface area contributed by atoms with Crippen LogP contribution in [0, 0.1) is 11.8 Å². The summed E-state index contributed by atoms with van der Waals surface area (Å²) in [5, 5.41) is 14.7. The molecule has 36 heavy (non-hydrogen) atoms. The minimum absolute atomic E-state index is 0.0601. The molecule has 0 unspecified atom stereocenters. The molecule has 2 aliphatic heterocycles. The molecule has 3 fully saturated rings. The molecule has 2 aromatic carbocycles.